The van der Waals surface area contributed by atoms with E-state index in [1.165, 1.54) is 45.8 Å². The fraction of sp³-hybridized carbons (Fsp3) is 1.00. The van der Waals surface area contributed by atoms with Crippen LogP contribution in [-0.4, -0.2) is 96.1 Å². The van der Waals surface area contributed by atoms with Gasteiger partial charge in [0, 0.05) is 69.5 Å². The molecule has 2 fully saturated rings. The van der Waals surface area contributed by atoms with Gasteiger partial charge in [-0.05, 0) is 48.6 Å². The molecule has 0 radical (unpaired) electrons. The van der Waals surface area contributed by atoms with Crippen molar-refractivity contribution in [3.05, 3.63) is 0 Å². The van der Waals surface area contributed by atoms with Gasteiger partial charge < -0.3 is 4.90 Å². The normalized spacial score (nSPS) is 31.1. The van der Waals surface area contributed by atoms with E-state index in [0.29, 0.717) is 18.1 Å². The Kier molecular flexibility index (Phi) is 5.92. The summed E-state index contributed by atoms with van der Waals surface area (Å²) in [4.78, 5) is 10.5. The molecule has 2 aliphatic heterocycles. The van der Waals surface area contributed by atoms with Crippen molar-refractivity contribution in [2.75, 3.05) is 52.9 Å². The summed E-state index contributed by atoms with van der Waals surface area (Å²) >= 11 is 0. The summed E-state index contributed by atoms with van der Waals surface area (Å²) in [6.07, 6.45) is 0. The van der Waals surface area contributed by atoms with Crippen molar-refractivity contribution in [3.8, 4) is 0 Å². The minimum Gasteiger partial charge on any atom is -0.304 e. The molecule has 0 saturated carbocycles. The highest BCUT2D eigenvalue weighted by molar-refractivity contribution is 4.94. The smallest absolute Gasteiger partial charge is 0.0281 e. The molecule has 2 heterocycles. The SMILES string of the molecule is CC(C)N1CC(C)N(CC(C)(C)N2CCN(C)CC2)C(C)C1. The summed E-state index contributed by atoms with van der Waals surface area (Å²) < 4.78 is 0. The second-order valence-corrected chi connectivity index (χ2v) is 8.52. The van der Waals surface area contributed by atoms with E-state index in [2.05, 4.69) is 68.2 Å². The largest absolute Gasteiger partial charge is 0.304 e. The summed E-state index contributed by atoms with van der Waals surface area (Å²) in [5.41, 5.74) is 0.268. The first-order chi connectivity index (χ1) is 10.2. The average Bonchev–Trinajstić information content (AvgIpc) is 2.43. The zero-order valence-electron chi connectivity index (χ0n) is 16.0. The van der Waals surface area contributed by atoms with Gasteiger partial charge in [0.1, 0.15) is 0 Å². The quantitative estimate of drug-likeness (QED) is 0.785. The van der Waals surface area contributed by atoms with Gasteiger partial charge in [0.25, 0.3) is 0 Å². The number of hydrogen-bond acceptors (Lipinski definition) is 4. The Balaban J connectivity index is 1.96. The van der Waals surface area contributed by atoms with Gasteiger partial charge >= 0.3 is 0 Å². The first kappa shape index (κ1) is 18.2. The average molecular weight is 311 g/mol. The predicted octanol–water partition coefficient (Wildman–Crippen LogP) is 1.82. The number of rotatable bonds is 4. The molecule has 2 saturated heterocycles. The van der Waals surface area contributed by atoms with E-state index in [9.17, 15) is 0 Å². The molecule has 2 atom stereocenters. The molecule has 4 heteroatoms. The third kappa shape index (κ3) is 4.22. The van der Waals surface area contributed by atoms with Gasteiger partial charge in [-0.1, -0.05) is 0 Å². The van der Waals surface area contributed by atoms with Crippen LogP contribution in [0.5, 0.6) is 0 Å². The number of likely N-dealkylation sites (N-methyl/N-ethyl adjacent to an activating group) is 1. The Morgan fingerprint density at radius 3 is 1.91 bits per heavy atom. The van der Waals surface area contributed by atoms with Gasteiger partial charge in [0.05, 0.1) is 0 Å². The van der Waals surface area contributed by atoms with Gasteiger partial charge in [-0.2, -0.15) is 0 Å². The zero-order valence-corrected chi connectivity index (χ0v) is 16.0. The molecule has 0 bridgehead atoms. The standard InChI is InChI=1S/C18H38N4/c1-15(2)20-12-16(3)22(17(4)13-20)14-18(5,6)21-10-8-19(7)9-11-21/h15-17H,8-14H2,1-7H3. The third-order valence-electron chi connectivity index (χ3n) is 5.79. The summed E-state index contributed by atoms with van der Waals surface area (Å²) in [5.74, 6) is 0. The van der Waals surface area contributed by atoms with Crippen molar-refractivity contribution in [3.63, 3.8) is 0 Å². The Labute approximate surface area is 138 Å². The van der Waals surface area contributed by atoms with Crippen molar-refractivity contribution in [2.24, 2.45) is 0 Å². The van der Waals surface area contributed by atoms with Crippen LogP contribution in [0.2, 0.25) is 0 Å². The maximum Gasteiger partial charge on any atom is 0.0281 e. The summed E-state index contributed by atoms with van der Waals surface area (Å²) in [6.45, 7) is 22.8. The molecule has 2 rings (SSSR count). The fourth-order valence-electron chi connectivity index (χ4n) is 4.09. The maximum absolute atomic E-state index is 2.75. The first-order valence-corrected chi connectivity index (χ1v) is 9.14. The molecule has 0 aliphatic carbocycles. The molecule has 2 aliphatic rings. The number of hydrogen-bond donors (Lipinski definition) is 0. The van der Waals surface area contributed by atoms with Gasteiger partial charge in [0.2, 0.25) is 0 Å². The lowest BCUT2D eigenvalue weighted by molar-refractivity contribution is -0.0256. The Hall–Kier alpha value is -0.160. The van der Waals surface area contributed by atoms with Crippen molar-refractivity contribution >= 4 is 0 Å². The summed E-state index contributed by atoms with van der Waals surface area (Å²) in [5, 5.41) is 0. The van der Waals surface area contributed by atoms with Gasteiger partial charge in [-0.3, -0.25) is 14.7 Å². The Bertz CT molecular complexity index is 335. The molecule has 0 aromatic rings. The highest BCUT2D eigenvalue weighted by Gasteiger charge is 2.37. The molecule has 0 aromatic carbocycles. The van der Waals surface area contributed by atoms with Crippen LogP contribution in [0, 0.1) is 0 Å². The molecule has 22 heavy (non-hydrogen) atoms. The van der Waals surface area contributed by atoms with E-state index >= 15 is 0 Å². The van der Waals surface area contributed by atoms with E-state index in [4.69, 9.17) is 0 Å². The highest BCUT2D eigenvalue weighted by Crippen LogP contribution is 2.24. The van der Waals surface area contributed by atoms with E-state index in [0.717, 1.165) is 0 Å². The second-order valence-electron chi connectivity index (χ2n) is 8.52. The lowest BCUT2D eigenvalue weighted by Gasteiger charge is -2.51. The predicted molar refractivity (Wildman–Crippen MR) is 95.5 cm³/mol. The Morgan fingerprint density at radius 1 is 0.955 bits per heavy atom. The number of piperazine rings is 2. The number of nitrogens with zero attached hydrogens (tertiary/aromatic N) is 4. The highest BCUT2D eigenvalue weighted by atomic mass is 15.4. The molecule has 4 nitrogen and oxygen atoms in total. The van der Waals surface area contributed by atoms with E-state index in [1.807, 2.05) is 0 Å². The van der Waals surface area contributed by atoms with Crippen LogP contribution < -0.4 is 0 Å². The van der Waals surface area contributed by atoms with Crippen LogP contribution in [-0.2, 0) is 0 Å². The lowest BCUT2D eigenvalue weighted by Crippen LogP contribution is -2.64. The van der Waals surface area contributed by atoms with Crippen molar-refractivity contribution in [1.29, 1.82) is 0 Å². The second kappa shape index (κ2) is 7.16. The topological polar surface area (TPSA) is 13.0 Å². The third-order valence-corrected chi connectivity index (χ3v) is 5.79. The van der Waals surface area contributed by atoms with Crippen LogP contribution in [0.15, 0.2) is 0 Å². The van der Waals surface area contributed by atoms with E-state index < -0.39 is 0 Å². The summed E-state index contributed by atoms with van der Waals surface area (Å²) in [6, 6.07) is 1.97. The molecule has 2 unspecified atom stereocenters. The van der Waals surface area contributed by atoms with E-state index in [-0.39, 0.29) is 5.54 Å². The maximum atomic E-state index is 2.75. The van der Waals surface area contributed by atoms with Crippen LogP contribution in [0.25, 0.3) is 0 Å². The van der Waals surface area contributed by atoms with Crippen LogP contribution in [0.4, 0.5) is 0 Å². The molecule has 0 N–H and O–H groups in total. The van der Waals surface area contributed by atoms with Gasteiger partial charge in [-0.25, -0.2) is 0 Å². The molecule has 0 spiro atoms. The molecule has 0 aromatic heterocycles. The van der Waals surface area contributed by atoms with Gasteiger partial charge in [-0.15, -0.1) is 0 Å². The van der Waals surface area contributed by atoms with Crippen LogP contribution in [0.3, 0.4) is 0 Å². The fourth-order valence-corrected chi connectivity index (χ4v) is 4.09. The minimum atomic E-state index is 0.268. The first-order valence-electron chi connectivity index (χ1n) is 9.14. The van der Waals surface area contributed by atoms with Crippen molar-refractivity contribution in [1.82, 2.24) is 19.6 Å². The molecule has 0 amide bonds. The van der Waals surface area contributed by atoms with E-state index in [1.54, 1.807) is 0 Å². The van der Waals surface area contributed by atoms with Crippen LogP contribution >= 0.6 is 0 Å². The molecular formula is C18H38N4. The monoisotopic (exact) mass is 310 g/mol. The summed E-state index contributed by atoms with van der Waals surface area (Å²) in [7, 11) is 2.24. The Morgan fingerprint density at radius 2 is 1.45 bits per heavy atom. The molecular weight excluding hydrogens is 272 g/mol. The molecule has 130 valence electrons. The zero-order chi connectivity index (χ0) is 16.5. The van der Waals surface area contributed by atoms with Crippen molar-refractivity contribution in [2.45, 2.75) is 65.2 Å². The van der Waals surface area contributed by atoms with Crippen LogP contribution in [0.1, 0.15) is 41.5 Å². The van der Waals surface area contributed by atoms with Crippen molar-refractivity contribution < 1.29 is 0 Å². The minimum absolute atomic E-state index is 0.268. The lowest BCUT2D eigenvalue weighted by atomic mass is 9.96. The van der Waals surface area contributed by atoms with Gasteiger partial charge in [0.15, 0.2) is 0 Å².